The molecule has 12 nitrogen and oxygen atoms in total. The summed E-state index contributed by atoms with van der Waals surface area (Å²) in [6.07, 6.45) is 2.56. The van der Waals surface area contributed by atoms with Crippen molar-refractivity contribution in [3.8, 4) is 17.2 Å². The minimum absolute atomic E-state index is 0.0114. The van der Waals surface area contributed by atoms with Crippen molar-refractivity contribution in [3.05, 3.63) is 95.0 Å². The van der Waals surface area contributed by atoms with Crippen molar-refractivity contribution in [2.75, 3.05) is 38.2 Å². The molecule has 0 saturated heterocycles. The number of anilines is 4. The number of halogens is 7. The molecule has 0 fully saturated rings. The molecule has 0 aliphatic heterocycles. The Morgan fingerprint density at radius 2 is 1.15 bits per heavy atom. The highest BCUT2D eigenvalue weighted by atomic mass is 35.5. The molecule has 54 heavy (non-hydrogen) atoms. The second kappa shape index (κ2) is 15.8. The van der Waals surface area contributed by atoms with Gasteiger partial charge in [-0.2, -0.15) is 21.6 Å². The van der Waals surface area contributed by atoms with Crippen LogP contribution in [-0.4, -0.2) is 61.4 Å². The van der Waals surface area contributed by atoms with Crippen LogP contribution in [0.1, 0.15) is 0 Å². The molecule has 0 spiro atoms. The van der Waals surface area contributed by atoms with E-state index in [2.05, 4.69) is 34.8 Å². The van der Waals surface area contributed by atoms with E-state index in [-0.39, 0.29) is 32.5 Å². The van der Waals surface area contributed by atoms with Gasteiger partial charge in [-0.3, -0.25) is 0 Å². The molecule has 0 bridgehead atoms. The summed E-state index contributed by atoms with van der Waals surface area (Å²) in [5.41, 5.74) is -3.88. The Balaban J connectivity index is 0.000000210. The molecule has 2 aromatic heterocycles. The number of nitrogens with one attached hydrogen (secondary N) is 2. The first-order valence-electron chi connectivity index (χ1n) is 15.0. The summed E-state index contributed by atoms with van der Waals surface area (Å²) >= 11 is 11.5. The summed E-state index contributed by atoms with van der Waals surface area (Å²) in [5.74, 6) is -1.05. The third-order valence-corrected chi connectivity index (χ3v) is 10.3. The minimum atomic E-state index is -5.93. The monoisotopic (exact) mass is 830 g/mol. The van der Waals surface area contributed by atoms with Crippen LogP contribution < -0.4 is 29.6 Å². The fourth-order valence-corrected chi connectivity index (χ4v) is 6.68. The first kappa shape index (κ1) is 40.2. The molecule has 0 unspecified atom stereocenters. The number of fused-ring (bicyclic) bond motifs is 2. The predicted octanol–water partition coefficient (Wildman–Crippen LogP) is 8.83. The third-order valence-electron chi connectivity index (χ3n) is 7.28. The van der Waals surface area contributed by atoms with Crippen LogP contribution in [0.25, 0.3) is 21.8 Å². The van der Waals surface area contributed by atoms with Crippen molar-refractivity contribution in [3.63, 3.8) is 0 Å². The molecular weight excluding hydrogens is 805 g/mol. The number of hydrogen-bond donors (Lipinski definition) is 2. The van der Waals surface area contributed by atoms with Gasteiger partial charge in [-0.1, -0.05) is 23.2 Å². The van der Waals surface area contributed by atoms with Gasteiger partial charge in [0.2, 0.25) is 0 Å². The Morgan fingerprint density at radius 3 is 1.57 bits per heavy atom. The maximum Gasteiger partial charge on any atom is 0.534 e. The zero-order valence-corrected chi connectivity index (χ0v) is 31.4. The van der Waals surface area contributed by atoms with Gasteiger partial charge in [0.05, 0.1) is 40.6 Å². The van der Waals surface area contributed by atoms with E-state index in [0.717, 1.165) is 25.6 Å². The number of alkyl halides is 3. The van der Waals surface area contributed by atoms with E-state index < -0.39 is 40.2 Å². The predicted molar refractivity (Wildman–Crippen MR) is 196 cm³/mol. The molecule has 0 atom stereocenters. The topological polar surface area (TPSA) is 155 Å². The van der Waals surface area contributed by atoms with Gasteiger partial charge in [0.15, 0.2) is 11.5 Å². The number of ether oxygens (including phenoxy) is 2. The van der Waals surface area contributed by atoms with Gasteiger partial charge in [-0.25, -0.2) is 28.7 Å². The summed E-state index contributed by atoms with van der Waals surface area (Å²) in [5, 5.41) is 7.15. The largest absolute Gasteiger partial charge is 0.534 e. The van der Waals surface area contributed by atoms with Crippen LogP contribution in [0.15, 0.2) is 73.3 Å². The lowest BCUT2D eigenvalue weighted by Crippen LogP contribution is -2.28. The first-order valence-corrected chi connectivity index (χ1v) is 19.7. The van der Waals surface area contributed by atoms with E-state index in [0.29, 0.717) is 39.1 Å². The van der Waals surface area contributed by atoms with E-state index in [1.165, 1.54) is 43.8 Å². The second-order valence-corrected chi connectivity index (χ2v) is 16.9. The van der Waals surface area contributed by atoms with E-state index in [1.807, 2.05) is 0 Å². The van der Waals surface area contributed by atoms with Crippen LogP contribution in [0, 0.1) is 11.6 Å². The maximum atomic E-state index is 13.3. The fraction of sp³-hybridized carbons (Fsp3) is 0.152. The Hall–Kier alpha value is -5.03. The van der Waals surface area contributed by atoms with E-state index in [1.54, 1.807) is 31.5 Å². The van der Waals surface area contributed by atoms with Crippen molar-refractivity contribution >= 4 is 90.6 Å². The normalized spacial score (nSPS) is 11.8. The smallest absolute Gasteiger partial charge is 0.496 e. The van der Waals surface area contributed by atoms with Gasteiger partial charge in [-0.05, 0) is 61.9 Å². The summed E-state index contributed by atoms with van der Waals surface area (Å²) < 4.78 is 114. The van der Waals surface area contributed by atoms with Gasteiger partial charge in [-0.15, -0.1) is 0 Å². The van der Waals surface area contributed by atoms with Crippen molar-refractivity contribution in [1.82, 2.24) is 19.9 Å². The Kier molecular flexibility index (Phi) is 11.7. The first-order chi connectivity index (χ1) is 25.3. The number of methoxy groups -OCH3 is 2. The van der Waals surface area contributed by atoms with Crippen LogP contribution in [0.2, 0.25) is 10.0 Å². The molecule has 0 amide bonds. The fourth-order valence-electron chi connectivity index (χ4n) is 4.73. The van der Waals surface area contributed by atoms with Crippen molar-refractivity contribution < 1.29 is 48.6 Å². The Bertz CT molecular complexity index is 2550. The average molecular weight is 832 g/mol. The molecule has 0 saturated carbocycles. The zero-order chi connectivity index (χ0) is 39.6. The summed E-state index contributed by atoms with van der Waals surface area (Å²) in [4.78, 5) is 16.4. The molecule has 284 valence electrons. The lowest BCUT2D eigenvalue weighted by Gasteiger charge is -2.15. The van der Waals surface area contributed by atoms with E-state index >= 15 is 0 Å². The van der Waals surface area contributed by atoms with Crippen LogP contribution in [0.5, 0.6) is 17.2 Å². The molecule has 4 aromatic carbocycles. The van der Waals surface area contributed by atoms with Crippen molar-refractivity contribution in [2.24, 2.45) is 0 Å². The van der Waals surface area contributed by atoms with Crippen molar-refractivity contribution in [2.45, 2.75) is 5.51 Å². The Labute approximate surface area is 314 Å². The van der Waals surface area contributed by atoms with Crippen LogP contribution in [-0.2, 0) is 14.7 Å². The highest BCUT2D eigenvalue weighted by Crippen LogP contribution is 2.41. The number of benzene rings is 4. The van der Waals surface area contributed by atoms with Crippen molar-refractivity contribution in [1.29, 1.82) is 0 Å². The zero-order valence-electron chi connectivity index (χ0n) is 28.2. The molecule has 0 radical (unpaired) electrons. The van der Waals surface area contributed by atoms with Gasteiger partial charge >= 0.3 is 15.6 Å². The lowest BCUT2D eigenvalue weighted by atomic mass is 10.2. The molecule has 6 aromatic rings. The van der Waals surface area contributed by atoms with Gasteiger partial charge < -0.3 is 28.9 Å². The van der Waals surface area contributed by atoms with Gasteiger partial charge in [0.25, 0.3) is 0 Å². The minimum Gasteiger partial charge on any atom is -0.496 e. The second-order valence-electron chi connectivity index (χ2n) is 11.3. The summed E-state index contributed by atoms with van der Waals surface area (Å²) in [6, 6.07) is 13.7. The molecule has 6 rings (SSSR count). The lowest BCUT2D eigenvalue weighted by molar-refractivity contribution is -0.0500. The molecule has 2 heterocycles. The van der Waals surface area contributed by atoms with Gasteiger partial charge in [0.1, 0.15) is 48.8 Å². The van der Waals surface area contributed by atoms with Crippen LogP contribution in [0.3, 0.4) is 0 Å². The summed E-state index contributed by atoms with van der Waals surface area (Å²) in [7, 11) is -5.86. The van der Waals surface area contributed by atoms with E-state index in [4.69, 9.17) is 32.7 Å². The quantitative estimate of drug-likeness (QED) is 0.0619. The average Bonchev–Trinajstić information content (AvgIpc) is 3.10. The number of rotatable bonds is 9. The van der Waals surface area contributed by atoms with Gasteiger partial charge in [0, 0.05) is 34.3 Å². The maximum absolute atomic E-state index is 13.3. The van der Waals surface area contributed by atoms with Crippen LogP contribution >= 0.6 is 30.3 Å². The van der Waals surface area contributed by atoms with Crippen LogP contribution in [0.4, 0.5) is 45.0 Å². The Morgan fingerprint density at radius 1 is 0.685 bits per heavy atom. The number of hydrogen-bond acceptors (Lipinski definition) is 12. The third kappa shape index (κ3) is 9.01. The number of nitrogens with zero attached hydrogens (tertiary/aromatic N) is 4. The highest BCUT2D eigenvalue weighted by molar-refractivity contribution is 7.88. The SMILES string of the molecule is COc1cc2ncnc(Nc3ccc(F)c(Cl)c3)c2cc1OS(=O)(=O)C(F)(F)F.COc1cc2ncnc(Nc3ccc(F)c(Cl)c3)c2cc1P(C)(C)=O. The molecule has 2 N–H and O–H groups in total. The van der Waals surface area contributed by atoms with E-state index in [9.17, 15) is 34.9 Å². The molecule has 0 aliphatic rings. The summed E-state index contributed by atoms with van der Waals surface area (Å²) in [6.45, 7) is 3.35. The molecule has 0 aliphatic carbocycles. The number of aromatic nitrogens is 4. The standard InChI is InChI=1S/C17H16ClFN3O2P.C16H10ClF4N3O4S/c1-24-15-8-14-11(7-16(15)25(2,3)23)17(21-9-20-14)22-10-4-5-13(19)12(18)6-10;1-27-13-6-12-9(5-14(13)28-29(25,26)16(19,20)21)15(23-7-22-12)24-8-2-3-11(18)10(17)4-8/h4-9H,1-3H3,(H,20,21,22);2-7H,1H3,(H,22,23,24). The molecular formula is C33H26Cl2F5N6O6PS. The highest BCUT2D eigenvalue weighted by Gasteiger charge is 2.49. The molecule has 21 heteroatoms.